The normalized spacial score (nSPS) is 11.8. The van der Waals surface area contributed by atoms with E-state index in [2.05, 4.69) is 5.10 Å². The van der Waals surface area contributed by atoms with E-state index < -0.39 is 23.2 Å². The quantitative estimate of drug-likeness (QED) is 0.695. The zero-order valence-electron chi connectivity index (χ0n) is 9.73. The van der Waals surface area contributed by atoms with Crippen LogP contribution in [0.4, 0.5) is 19.0 Å². The van der Waals surface area contributed by atoms with Crippen LogP contribution in [0.5, 0.6) is 11.5 Å². The van der Waals surface area contributed by atoms with Gasteiger partial charge in [-0.25, -0.2) is 0 Å². The lowest BCUT2D eigenvalue weighted by atomic mass is 10.0. The number of nitrogens with two attached hydrogens (primary N) is 1. The van der Waals surface area contributed by atoms with E-state index in [4.69, 9.17) is 5.73 Å². The molecule has 4 N–H and O–H groups in total. The molecule has 0 fully saturated rings. The van der Waals surface area contributed by atoms with Gasteiger partial charge in [0.15, 0.2) is 11.5 Å². The fraction of sp³-hybridized carbons (Fsp3) is 0.182. The molecule has 0 bridgehead atoms. The Hall–Kier alpha value is -2.38. The maximum absolute atomic E-state index is 12.9. The summed E-state index contributed by atoms with van der Waals surface area (Å²) in [6, 6.07) is 2.51. The monoisotopic (exact) mass is 273 g/mol. The van der Waals surface area contributed by atoms with Crippen LogP contribution in [-0.4, -0.2) is 20.0 Å². The van der Waals surface area contributed by atoms with Crippen LogP contribution in [0.25, 0.3) is 11.3 Å². The molecule has 2 rings (SSSR count). The number of anilines is 1. The molecule has 19 heavy (non-hydrogen) atoms. The molecule has 0 saturated carbocycles. The third-order valence-electron chi connectivity index (χ3n) is 2.61. The van der Waals surface area contributed by atoms with Crippen LogP contribution in [0, 0.1) is 0 Å². The van der Waals surface area contributed by atoms with E-state index in [0.717, 1.165) is 6.07 Å². The molecule has 0 amide bonds. The third kappa shape index (κ3) is 2.28. The van der Waals surface area contributed by atoms with Crippen LogP contribution < -0.4 is 5.73 Å². The average Bonchev–Trinajstić information content (AvgIpc) is 2.61. The summed E-state index contributed by atoms with van der Waals surface area (Å²) in [5.41, 5.74) is 4.03. The second-order valence-electron chi connectivity index (χ2n) is 3.96. The van der Waals surface area contributed by atoms with Crippen molar-refractivity contribution < 1.29 is 23.4 Å². The number of nitrogens with zero attached hydrogens (tertiary/aromatic N) is 2. The minimum Gasteiger partial charge on any atom is -0.504 e. The van der Waals surface area contributed by atoms with Crippen LogP contribution in [0.15, 0.2) is 18.2 Å². The Morgan fingerprint density at radius 3 is 2.21 bits per heavy atom. The summed E-state index contributed by atoms with van der Waals surface area (Å²) >= 11 is 0. The predicted molar refractivity (Wildman–Crippen MR) is 61.4 cm³/mol. The Morgan fingerprint density at radius 2 is 1.74 bits per heavy atom. The molecule has 0 atom stereocenters. The van der Waals surface area contributed by atoms with Gasteiger partial charge in [0.25, 0.3) is 0 Å². The smallest absolute Gasteiger partial charge is 0.417 e. The minimum absolute atomic E-state index is 0.0392. The summed E-state index contributed by atoms with van der Waals surface area (Å²) in [7, 11) is 1.48. The van der Waals surface area contributed by atoms with Crippen molar-refractivity contribution in [1.29, 1.82) is 0 Å². The number of nitrogen functional groups attached to an aromatic ring is 1. The first-order valence-electron chi connectivity index (χ1n) is 5.13. The number of hydrogen-bond donors (Lipinski definition) is 3. The van der Waals surface area contributed by atoms with Crippen molar-refractivity contribution in [2.45, 2.75) is 6.18 Å². The van der Waals surface area contributed by atoms with Crippen molar-refractivity contribution in [2.24, 2.45) is 7.05 Å². The molecule has 1 heterocycles. The Morgan fingerprint density at radius 1 is 1.16 bits per heavy atom. The van der Waals surface area contributed by atoms with E-state index in [1.54, 1.807) is 0 Å². The maximum atomic E-state index is 12.9. The van der Waals surface area contributed by atoms with Crippen molar-refractivity contribution in [3.8, 4) is 22.8 Å². The number of aromatic nitrogens is 2. The molecule has 0 aliphatic rings. The lowest BCUT2D eigenvalue weighted by molar-refractivity contribution is -0.137. The number of alkyl halides is 3. The van der Waals surface area contributed by atoms with E-state index in [9.17, 15) is 23.4 Å². The molecule has 2 aromatic rings. The van der Waals surface area contributed by atoms with Gasteiger partial charge in [-0.15, -0.1) is 0 Å². The van der Waals surface area contributed by atoms with Gasteiger partial charge < -0.3 is 15.9 Å². The molecule has 0 saturated heterocycles. The number of hydrogen-bond acceptors (Lipinski definition) is 4. The third-order valence-corrected chi connectivity index (χ3v) is 2.61. The Labute approximate surface area is 105 Å². The van der Waals surface area contributed by atoms with Crippen molar-refractivity contribution >= 4 is 5.82 Å². The fourth-order valence-electron chi connectivity index (χ4n) is 1.64. The highest BCUT2D eigenvalue weighted by Crippen LogP contribution is 2.42. The molecule has 0 unspecified atom stereocenters. The van der Waals surface area contributed by atoms with E-state index in [1.807, 2.05) is 0 Å². The summed E-state index contributed by atoms with van der Waals surface area (Å²) in [5, 5.41) is 22.4. The molecule has 0 radical (unpaired) electrons. The van der Waals surface area contributed by atoms with Crippen LogP contribution in [0.3, 0.4) is 0 Å². The molecule has 0 aliphatic heterocycles. The van der Waals surface area contributed by atoms with Gasteiger partial charge in [-0.3, -0.25) is 4.68 Å². The van der Waals surface area contributed by atoms with Gasteiger partial charge >= 0.3 is 6.18 Å². The predicted octanol–water partition coefficient (Wildman–Crippen LogP) is 2.10. The lowest BCUT2D eigenvalue weighted by Gasteiger charge is -2.12. The first-order valence-corrected chi connectivity index (χ1v) is 5.13. The average molecular weight is 273 g/mol. The fourth-order valence-corrected chi connectivity index (χ4v) is 1.64. The van der Waals surface area contributed by atoms with Gasteiger partial charge in [0.05, 0.1) is 11.3 Å². The van der Waals surface area contributed by atoms with Crippen molar-refractivity contribution in [1.82, 2.24) is 9.78 Å². The molecule has 0 aliphatic carbocycles. The molecular weight excluding hydrogens is 263 g/mol. The van der Waals surface area contributed by atoms with Crippen LogP contribution >= 0.6 is 0 Å². The van der Waals surface area contributed by atoms with E-state index >= 15 is 0 Å². The van der Waals surface area contributed by atoms with Crippen LogP contribution in [0.1, 0.15) is 5.56 Å². The SMILES string of the molecule is Cn1nc(-c2cc(O)c(O)cc2C(F)(F)F)cc1N. The molecule has 5 nitrogen and oxygen atoms in total. The van der Waals surface area contributed by atoms with Crippen molar-refractivity contribution in [2.75, 3.05) is 5.73 Å². The maximum Gasteiger partial charge on any atom is 0.417 e. The summed E-state index contributed by atoms with van der Waals surface area (Å²) in [4.78, 5) is 0. The Bertz CT molecular complexity index is 615. The topological polar surface area (TPSA) is 84.3 Å². The number of halogens is 3. The molecule has 102 valence electrons. The van der Waals surface area contributed by atoms with E-state index in [0.29, 0.717) is 6.07 Å². The zero-order valence-corrected chi connectivity index (χ0v) is 9.73. The summed E-state index contributed by atoms with van der Waals surface area (Å²) in [5.74, 6) is -1.33. The van der Waals surface area contributed by atoms with Crippen LogP contribution in [-0.2, 0) is 13.2 Å². The van der Waals surface area contributed by atoms with Gasteiger partial charge in [0.2, 0.25) is 0 Å². The van der Waals surface area contributed by atoms with Gasteiger partial charge in [-0.05, 0) is 12.1 Å². The van der Waals surface area contributed by atoms with Crippen molar-refractivity contribution in [3.63, 3.8) is 0 Å². The highest BCUT2D eigenvalue weighted by molar-refractivity contribution is 5.70. The molecule has 0 spiro atoms. The standard InChI is InChI=1S/C11H10F3N3O2/c1-17-10(15)4-7(16-17)5-2-8(18)9(19)3-6(5)11(12,13)14/h2-4,18-19H,15H2,1H3. The molecule has 1 aromatic heterocycles. The number of benzene rings is 1. The number of phenolic OH excluding ortho intramolecular Hbond substituents is 2. The van der Waals surface area contributed by atoms with Crippen molar-refractivity contribution in [3.05, 3.63) is 23.8 Å². The molecule has 1 aromatic carbocycles. The van der Waals surface area contributed by atoms with Gasteiger partial charge in [0, 0.05) is 18.7 Å². The highest BCUT2D eigenvalue weighted by Gasteiger charge is 2.35. The molecule has 8 heteroatoms. The van der Waals surface area contributed by atoms with Gasteiger partial charge in [0.1, 0.15) is 5.82 Å². The van der Waals surface area contributed by atoms with E-state index in [-0.39, 0.29) is 17.1 Å². The second-order valence-corrected chi connectivity index (χ2v) is 3.96. The highest BCUT2D eigenvalue weighted by atomic mass is 19.4. The number of aromatic hydroxyl groups is 2. The summed E-state index contributed by atoms with van der Waals surface area (Å²) < 4.78 is 39.9. The van der Waals surface area contributed by atoms with E-state index in [1.165, 1.54) is 17.8 Å². The van der Waals surface area contributed by atoms with Gasteiger partial charge in [-0.1, -0.05) is 0 Å². The Kier molecular flexibility index (Phi) is 2.80. The molecular formula is C11H10F3N3O2. The lowest BCUT2D eigenvalue weighted by Crippen LogP contribution is -2.07. The largest absolute Gasteiger partial charge is 0.504 e. The van der Waals surface area contributed by atoms with Crippen LogP contribution in [0.2, 0.25) is 0 Å². The Balaban J connectivity index is 2.71. The zero-order chi connectivity index (χ0) is 14.4. The summed E-state index contributed by atoms with van der Waals surface area (Å²) in [6.45, 7) is 0. The summed E-state index contributed by atoms with van der Waals surface area (Å²) in [6.07, 6.45) is -4.69. The number of phenols is 2. The first-order chi connectivity index (χ1) is 8.70. The number of aryl methyl sites for hydroxylation is 1. The first kappa shape index (κ1) is 13.1. The minimum atomic E-state index is -4.69. The second kappa shape index (κ2) is 4.08. The number of rotatable bonds is 1. The van der Waals surface area contributed by atoms with Gasteiger partial charge in [-0.2, -0.15) is 18.3 Å².